The van der Waals surface area contributed by atoms with Gasteiger partial charge < -0.3 is 9.84 Å². The number of likely N-dealkylation sites (tertiary alicyclic amines) is 1. The molecule has 0 saturated carbocycles. The molecular formula is C22H23FN4O2. The summed E-state index contributed by atoms with van der Waals surface area (Å²) < 4.78 is 19.2. The maximum absolute atomic E-state index is 13.7. The number of rotatable bonds is 5. The Balaban J connectivity index is 1.30. The zero-order chi connectivity index (χ0) is 20.2. The van der Waals surface area contributed by atoms with Gasteiger partial charge in [0.15, 0.2) is 0 Å². The van der Waals surface area contributed by atoms with Gasteiger partial charge in [0.25, 0.3) is 0 Å². The van der Waals surface area contributed by atoms with E-state index in [9.17, 15) is 9.18 Å². The van der Waals surface area contributed by atoms with Crippen LogP contribution in [-0.2, 0) is 4.79 Å². The van der Waals surface area contributed by atoms with E-state index in [2.05, 4.69) is 20.4 Å². The van der Waals surface area contributed by atoms with Crippen molar-refractivity contribution in [2.75, 3.05) is 25.0 Å². The van der Waals surface area contributed by atoms with E-state index in [0.717, 1.165) is 31.5 Å². The minimum Gasteiger partial charge on any atom is -0.339 e. The van der Waals surface area contributed by atoms with Crippen LogP contribution in [-0.4, -0.2) is 40.6 Å². The highest BCUT2D eigenvalue weighted by molar-refractivity contribution is 5.92. The molecule has 1 aliphatic heterocycles. The Hall–Kier alpha value is -3.06. The van der Waals surface area contributed by atoms with E-state index in [-0.39, 0.29) is 24.1 Å². The zero-order valence-corrected chi connectivity index (χ0v) is 16.3. The standard InChI is InChI=1S/C22H23FN4O2/c1-15-6-8-16(9-7-15)21-25-22(29-26-21)17-10-12-27(13-11-17)14-20(28)24-19-5-3-2-4-18(19)23/h2-9,17H,10-14H2,1H3,(H,24,28). The van der Waals surface area contributed by atoms with Gasteiger partial charge in [0.1, 0.15) is 5.82 Å². The monoisotopic (exact) mass is 394 g/mol. The first-order valence-corrected chi connectivity index (χ1v) is 9.76. The van der Waals surface area contributed by atoms with Crippen molar-refractivity contribution in [3.05, 3.63) is 65.8 Å². The molecule has 2 heterocycles. The highest BCUT2D eigenvalue weighted by Gasteiger charge is 2.26. The topological polar surface area (TPSA) is 71.3 Å². The molecular weight excluding hydrogens is 371 g/mol. The number of nitrogens with zero attached hydrogens (tertiary/aromatic N) is 3. The summed E-state index contributed by atoms with van der Waals surface area (Å²) in [4.78, 5) is 18.8. The van der Waals surface area contributed by atoms with Crippen molar-refractivity contribution in [2.24, 2.45) is 0 Å². The van der Waals surface area contributed by atoms with Crippen molar-refractivity contribution in [2.45, 2.75) is 25.7 Å². The lowest BCUT2D eigenvalue weighted by Crippen LogP contribution is -2.38. The smallest absolute Gasteiger partial charge is 0.238 e. The minimum atomic E-state index is -0.430. The number of carbonyl (C=O) groups is 1. The molecule has 0 radical (unpaired) electrons. The van der Waals surface area contributed by atoms with E-state index < -0.39 is 5.82 Å². The van der Waals surface area contributed by atoms with Crippen LogP contribution in [0.5, 0.6) is 0 Å². The molecule has 7 heteroatoms. The van der Waals surface area contributed by atoms with Crippen LogP contribution in [0.4, 0.5) is 10.1 Å². The van der Waals surface area contributed by atoms with Crippen molar-refractivity contribution in [3.8, 4) is 11.4 Å². The lowest BCUT2D eigenvalue weighted by atomic mass is 9.97. The van der Waals surface area contributed by atoms with E-state index >= 15 is 0 Å². The molecule has 1 aliphatic rings. The molecule has 1 amide bonds. The molecule has 29 heavy (non-hydrogen) atoms. The number of hydrogen-bond acceptors (Lipinski definition) is 5. The number of para-hydroxylation sites is 1. The fourth-order valence-corrected chi connectivity index (χ4v) is 3.51. The predicted octanol–water partition coefficient (Wildman–Crippen LogP) is 4.00. The SMILES string of the molecule is Cc1ccc(-c2noc(C3CCN(CC(=O)Nc4ccccc4F)CC3)n2)cc1. The molecule has 0 atom stereocenters. The second-order valence-electron chi connectivity index (χ2n) is 7.40. The molecule has 1 fully saturated rings. The molecule has 0 bridgehead atoms. The first kappa shape index (κ1) is 19.3. The first-order chi connectivity index (χ1) is 14.1. The van der Waals surface area contributed by atoms with E-state index in [1.807, 2.05) is 31.2 Å². The zero-order valence-electron chi connectivity index (χ0n) is 16.3. The van der Waals surface area contributed by atoms with Crippen LogP contribution in [0.3, 0.4) is 0 Å². The number of aryl methyl sites for hydroxylation is 1. The lowest BCUT2D eigenvalue weighted by Gasteiger charge is -2.29. The summed E-state index contributed by atoms with van der Waals surface area (Å²) in [6, 6.07) is 14.2. The van der Waals surface area contributed by atoms with Crippen LogP contribution >= 0.6 is 0 Å². The van der Waals surface area contributed by atoms with Gasteiger partial charge in [-0.2, -0.15) is 4.98 Å². The van der Waals surface area contributed by atoms with Gasteiger partial charge in [-0.1, -0.05) is 47.1 Å². The van der Waals surface area contributed by atoms with E-state index in [4.69, 9.17) is 4.52 Å². The van der Waals surface area contributed by atoms with Gasteiger partial charge in [-0.3, -0.25) is 9.69 Å². The number of halogens is 1. The Morgan fingerprint density at radius 3 is 2.62 bits per heavy atom. The van der Waals surface area contributed by atoms with Crippen molar-refractivity contribution in [1.82, 2.24) is 15.0 Å². The highest BCUT2D eigenvalue weighted by atomic mass is 19.1. The van der Waals surface area contributed by atoms with Gasteiger partial charge in [0.05, 0.1) is 12.2 Å². The van der Waals surface area contributed by atoms with Gasteiger partial charge in [-0.25, -0.2) is 4.39 Å². The highest BCUT2D eigenvalue weighted by Crippen LogP contribution is 2.28. The van der Waals surface area contributed by atoms with Crippen molar-refractivity contribution < 1.29 is 13.7 Å². The van der Waals surface area contributed by atoms with Gasteiger partial charge in [0, 0.05) is 11.5 Å². The summed E-state index contributed by atoms with van der Waals surface area (Å²) in [6.07, 6.45) is 1.67. The molecule has 3 aromatic rings. The van der Waals surface area contributed by atoms with Crippen LogP contribution in [0, 0.1) is 12.7 Å². The molecule has 150 valence electrons. The van der Waals surface area contributed by atoms with Crippen molar-refractivity contribution in [3.63, 3.8) is 0 Å². The number of piperidine rings is 1. The van der Waals surface area contributed by atoms with Gasteiger partial charge in [-0.05, 0) is 45.0 Å². The van der Waals surface area contributed by atoms with E-state index in [1.165, 1.54) is 11.6 Å². The summed E-state index contributed by atoms with van der Waals surface area (Å²) >= 11 is 0. The fraction of sp³-hybridized carbons (Fsp3) is 0.318. The molecule has 1 N–H and O–H groups in total. The van der Waals surface area contributed by atoms with Crippen LogP contribution in [0.1, 0.15) is 30.2 Å². The Labute approximate surface area is 168 Å². The average Bonchev–Trinajstić information content (AvgIpc) is 3.21. The van der Waals surface area contributed by atoms with E-state index in [1.54, 1.807) is 18.2 Å². The third-order valence-corrected chi connectivity index (χ3v) is 5.20. The second-order valence-corrected chi connectivity index (χ2v) is 7.40. The lowest BCUT2D eigenvalue weighted by molar-refractivity contribution is -0.117. The molecule has 4 rings (SSSR count). The second kappa shape index (κ2) is 8.53. The van der Waals surface area contributed by atoms with Crippen molar-refractivity contribution >= 4 is 11.6 Å². The quantitative estimate of drug-likeness (QED) is 0.708. The van der Waals surface area contributed by atoms with Crippen molar-refractivity contribution in [1.29, 1.82) is 0 Å². The number of carbonyl (C=O) groups excluding carboxylic acids is 1. The number of nitrogens with one attached hydrogen (secondary N) is 1. The molecule has 0 unspecified atom stereocenters. The third-order valence-electron chi connectivity index (χ3n) is 5.20. The van der Waals surface area contributed by atoms with Gasteiger partial charge in [-0.15, -0.1) is 0 Å². The maximum Gasteiger partial charge on any atom is 0.238 e. The Morgan fingerprint density at radius 1 is 1.17 bits per heavy atom. The number of benzene rings is 2. The molecule has 0 spiro atoms. The summed E-state index contributed by atoms with van der Waals surface area (Å²) in [7, 11) is 0. The largest absolute Gasteiger partial charge is 0.339 e. The number of hydrogen-bond donors (Lipinski definition) is 1. The molecule has 2 aromatic carbocycles. The van der Waals surface area contributed by atoms with Gasteiger partial charge in [0.2, 0.25) is 17.6 Å². The minimum absolute atomic E-state index is 0.188. The summed E-state index contributed by atoms with van der Waals surface area (Å²) in [5.41, 5.74) is 2.33. The molecule has 1 saturated heterocycles. The number of aromatic nitrogens is 2. The summed E-state index contributed by atoms with van der Waals surface area (Å²) in [6.45, 7) is 3.77. The van der Waals surface area contributed by atoms with Gasteiger partial charge >= 0.3 is 0 Å². The number of anilines is 1. The summed E-state index contributed by atoms with van der Waals surface area (Å²) in [5, 5.41) is 6.74. The first-order valence-electron chi connectivity index (χ1n) is 9.76. The fourth-order valence-electron chi connectivity index (χ4n) is 3.51. The molecule has 1 aromatic heterocycles. The Kier molecular flexibility index (Phi) is 5.67. The van der Waals surface area contributed by atoms with E-state index in [0.29, 0.717) is 11.7 Å². The Bertz CT molecular complexity index is 978. The maximum atomic E-state index is 13.7. The number of amides is 1. The van der Waals surface area contributed by atoms with Crippen LogP contribution in [0.2, 0.25) is 0 Å². The van der Waals surface area contributed by atoms with Crippen LogP contribution < -0.4 is 5.32 Å². The summed E-state index contributed by atoms with van der Waals surface area (Å²) in [5.74, 6) is 0.795. The normalized spacial score (nSPS) is 15.4. The van der Waals surface area contributed by atoms with Crippen LogP contribution in [0.15, 0.2) is 53.1 Å². The Morgan fingerprint density at radius 2 is 1.90 bits per heavy atom. The molecule has 6 nitrogen and oxygen atoms in total. The third kappa shape index (κ3) is 4.68. The molecule has 0 aliphatic carbocycles. The van der Waals surface area contributed by atoms with Crippen LogP contribution in [0.25, 0.3) is 11.4 Å². The average molecular weight is 394 g/mol. The predicted molar refractivity (Wildman–Crippen MR) is 108 cm³/mol.